The van der Waals surface area contributed by atoms with E-state index in [0.717, 1.165) is 13.0 Å². The average molecular weight is 263 g/mol. The summed E-state index contributed by atoms with van der Waals surface area (Å²) in [6, 6.07) is 3.78. The van der Waals surface area contributed by atoms with Crippen LogP contribution in [0.3, 0.4) is 0 Å². The van der Waals surface area contributed by atoms with E-state index in [9.17, 15) is 4.79 Å². The molecule has 0 fully saturated rings. The van der Waals surface area contributed by atoms with Crippen LogP contribution in [0.4, 0.5) is 5.69 Å². The van der Waals surface area contributed by atoms with Crippen molar-refractivity contribution >= 4 is 22.9 Å². The molecule has 0 aliphatic carbocycles. The number of nitrogens with two attached hydrogens (primary N) is 1. The molecular weight excluding hydrogens is 246 g/mol. The number of rotatable bonds is 5. The Bertz CT molecular complexity index is 516. The normalized spacial score (nSPS) is 10.5. The van der Waals surface area contributed by atoms with Gasteiger partial charge < -0.3 is 15.6 Å². The fourth-order valence-electron chi connectivity index (χ4n) is 1.83. The zero-order valence-electron chi connectivity index (χ0n) is 10.3. The zero-order chi connectivity index (χ0) is 13.0. The van der Waals surface area contributed by atoms with E-state index in [4.69, 9.17) is 5.73 Å². The first-order valence-electron chi connectivity index (χ1n) is 5.95. The minimum Gasteiger partial charge on any atom is -0.397 e. The molecule has 96 valence electrons. The molecule has 0 spiro atoms. The summed E-state index contributed by atoms with van der Waals surface area (Å²) < 4.78 is 1.86. The minimum atomic E-state index is -0.0659. The van der Waals surface area contributed by atoms with E-state index in [0.29, 0.717) is 17.9 Å². The summed E-state index contributed by atoms with van der Waals surface area (Å²) in [5.74, 6) is -0.0659. The number of aryl methyl sites for hydroxylation is 1. The third-order valence-corrected chi connectivity index (χ3v) is 3.50. The Balaban J connectivity index is 1.91. The maximum absolute atomic E-state index is 12.0. The van der Waals surface area contributed by atoms with Crippen molar-refractivity contribution in [2.75, 3.05) is 12.3 Å². The first-order valence-corrected chi connectivity index (χ1v) is 6.90. The van der Waals surface area contributed by atoms with E-state index in [1.807, 2.05) is 16.9 Å². The summed E-state index contributed by atoms with van der Waals surface area (Å²) in [5, 5.41) is 7.05. The van der Waals surface area contributed by atoms with Gasteiger partial charge in [0, 0.05) is 19.3 Å². The number of thiophene rings is 1. The Morgan fingerprint density at radius 2 is 2.39 bits per heavy atom. The van der Waals surface area contributed by atoms with Crippen molar-refractivity contribution in [2.24, 2.45) is 0 Å². The lowest BCUT2D eigenvalue weighted by Gasteiger charge is -2.07. The van der Waals surface area contributed by atoms with Crippen molar-refractivity contribution < 1.29 is 4.79 Å². The maximum Gasteiger partial charge on any atom is 0.267 e. The van der Waals surface area contributed by atoms with Crippen molar-refractivity contribution in [3.05, 3.63) is 40.3 Å². The number of aromatic nitrogens is 1. The summed E-state index contributed by atoms with van der Waals surface area (Å²) in [4.78, 5) is 12.0. The third kappa shape index (κ3) is 2.92. The number of hydrogen-bond acceptors (Lipinski definition) is 3. The van der Waals surface area contributed by atoms with Gasteiger partial charge in [-0.05, 0) is 41.8 Å². The Morgan fingerprint density at radius 1 is 1.56 bits per heavy atom. The first kappa shape index (κ1) is 12.7. The quantitative estimate of drug-likeness (QED) is 0.868. The largest absolute Gasteiger partial charge is 0.397 e. The molecule has 0 radical (unpaired) electrons. The number of nitrogens with zero attached hydrogens (tertiary/aromatic N) is 1. The molecule has 4 nitrogen and oxygen atoms in total. The van der Waals surface area contributed by atoms with Crippen LogP contribution in [0.2, 0.25) is 0 Å². The van der Waals surface area contributed by atoms with Gasteiger partial charge in [0.25, 0.3) is 5.91 Å². The molecule has 0 atom stereocenters. The molecule has 2 aromatic rings. The predicted octanol–water partition coefficient (Wildman–Crippen LogP) is 2.12. The van der Waals surface area contributed by atoms with Crippen LogP contribution in [0.5, 0.6) is 0 Å². The summed E-state index contributed by atoms with van der Waals surface area (Å²) in [6.07, 6.45) is 2.64. The summed E-state index contributed by atoms with van der Waals surface area (Å²) in [7, 11) is 0. The van der Waals surface area contributed by atoms with Crippen LogP contribution >= 0.6 is 11.3 Å². The second-order valence-corrected chi connectivity index (χ2v) is 4.86. The molecule has 0 saturated carbocycles. The second kappa shape index (κ2) is 5.73. The second-order valence-electron chi connectivity index (χ2n) is 4.08. The molecule has 2 aromatic heterocycles. The lowest BCUT2D eigenvalue weighted by atomic mass is 10.2. The van der Waals surface area contributed by atoms with Gasteiger partial charge in [-0.2, -0.15) is 11.3 Å². The number of carbonyl (C=O) groups excluding carboxylic acids is 1. The van der Waals surface area contributed by atoms with Gasteiger partial charge in [0.1, 0.15) is 5.69 Å². The summed E-state index contributed by atoms with van der Waals surface area (Å²) >= 11 is 1.67. The fraction of sp³-hybridized carbons (Fsp3) is 0.308. The van der Waals surface area contributed by atoms with E-state index < -0.39 is 0 Å². The molecule has 0 aliphatic heterocycles. The van der Waals surface area contributed by atoms with Crippen molar-refractivity contribution in [2.45, 2.75) is 19.9 Å². The lowest BCUT2D eigenvalue weighted by Crippen LogP contribution is -2.27. The first-order chi connectivity index (χ1) is 8.70. The number of amides is 1. The van der Waals surface area contributed by atoms with Crippen LogP contribution in [0.25, 0.3) is 0 Å². The lowest BCUT2D eigenvalue weighted by molar-refractivity contribution is 0.0945. The molecule has 0 unspecified atom stereocenters. The van der Waals surface area contributed by atoms with Crippen molar-refractivity contribution in [3.8, 4) is 0 Å². The van der Waals surface area contributed by atoms with Gasteiger partial charge in [0.15, 0.2) is 0 Å². The van der Waals surface area contributed by atoms with Gasteiger partial charge >= 0.3 is 0 Å². The number of nitrogens with one attached hydrogen (secondary N) is 1. The highest BCUT2D eigenvalue weighted by atomic mass is 32.1. The molecule has 0 bridgehead atoms. The van der Waals surface area contributed by atoms with Crippen molar-refractivity contribution in [1.82, 2.24) is 9.88 Å². The number of anilines is 1. The van der Waals surface area contributed by atoms with Crippen LogP contribution in [0, 0.1) is 0 Å². The van der Waals surface area contributed by atoms with E-state index in [1.165, 1.54) is 5.56 Å². The molecule has 0 aliphatic rings. The van der Waals surface area contributed by atoms with E-state index >= 15 is 0 Å². The van der Waals surface area contributed by atoms with Gasteiger partial charge in [-0.15, -0.1) is 0 Å². The van der Waals surface area contributed by atoms with Crippen molar-refractivity contribution in [1.29, 1.82) is 0 Å². The molecule has 5 heteroatoms. The third-order valence-electron chi connectivity index (χ3n) is 2.77. The molecular formula is C13H17N3OS. The summed E-state index contributed by atoms with van der Waals surface area (Å²) in [5.41, 5.74) is 8.20. The number of nitrogen functional groups attached to an aromatic ring is 1. The SMILES string of the molecule is CCn1cc(N)cc1C(=O)NCCc1ccsc1. The van der Waals surface area contributed by atoms with Gasteiger partial charge in [0.05, 0.1) is 5.69 Å². The van der Waals surface area contributed by atoms with E-state index in [2.05, 4.69) is 16.8 Å². The van der Waals surface area contributed by atoms with E-state index in [-0.39, 0.29) is 5.91 Å². The highest BCUT2D eigenvalue weighted by molar-refractivity contribution is 7.07. The van der Waals surface area contributed by atoms with E-state index in [1.54, 1.807) is 23.6 Å². The average Bonchev–Trinajstić information content (AvgIpc) is 2.98. The van der Waals surface area contributed by atoms with Crippen LogP contribution < -0.4 is 11.1 Å². The Hall–Kier alpha value is -1.75. The molecule has 2 heterocycles. The van der Waals surface area contributed by atoms with Crippen molar-refractivity contribution in [3.63, 3.8) is 0 Å². The fourth-order valence-corrected chi connectivity index (χ4v) is 2.53. The van der Waals surface area contributed by atoms with Crippen LogP contribution in [0.15, 0.2) is 29.1 Å². The molecule has 0 saturated heterocycles. The Morgan fingerprint density at radius 3 is 3.06 bits per heavy atom. The Kier molecular flexibility index (Phi) is 4.04. The topological polar surface area (TPSA) is 60.0 Å². The van der Waals surface area contributed by atoms with Crippen LogP contribution in [-0.2, 0) is 13.0 Å². The molecule has 2 rings (SSSR count). The number of hydrogen-bond donors (Lipinski definition) is 2. The van der Waals surface area contributed by atoms with Crippen LogP contribution in [0.1, 0.15) is 23.0 Å². The molecule has 18 heavy (non-hydrogen) atoms. The monoisotopic (exact) mass is 263 g/mol. The van der Waals surface area contributed by atoms with Gasteiger partial charge in [0.2, 0.25) is 0 Å². The predicted molar refractivity (Wildman–Crippen MR) is 74.9 cm³/mol. The standard InChI is InChI=1S/C13H17N3OS/c1-2-16-8-11(14)7-12(16)13(17)15-5-3-10-4-6-18-9-10/h4,6-9H,2-3,5,14H2,1H3,(H,15,17). The number of carbonyl (C=O) groups is 1. The summed E-state index contributed by atoms with van der Waals surface area (Å²) in [6.45, 7) is 3.37. The highest BCUT2D eigenvalue weighted by Crippen LogP contribution is 2.10. The van der Waals surface area contributed by atoms with Gasteiger partial charge in [-0.3, -0.25) is 4.79 Å². The van der Waals surface area contributed by atoms with Crippen LogP contribution in [-0.4, -0.2) is 17.0 Å². The van der Waals surface area contributed by atoms with Gasteiger partial charge in [-0.25, -0.2) is 0 Å². The molecule has 1 amide bonds. The minimum absolute atomic E-state index is 0.0659. The Labute approximate surface area is 110 Å². The maximum atomic E-state index is 12.0. The smallest absolute Gasteiger partial charge is 0.267 e. The molecule has 3 N–H and O–H groups in total. The van der Waals surface area contributed by atoms with Gasteiger partial charge in [-0.1, -0.05) is 0 Å². The molecule has 0 aromatic carbocycles. The highest BCUT2D eigenvalue weighted by Gasteiger charge is 2.11. The zero-order valence-corrected chi connectivity index (χ0v) is 11.2.